The van der Waals surface area contributed by atoms with Crippen LogP contribution in [0, 0.1) is 23.3 Å². The molecule has 1 aromatic carbocycles. The monoisotopic (exact) mass is 464 g/mol. The van der Waals surface area contributed by atoms with Crippen molar-refractivity contribution in [3.05, 3.63) is 34.9 Å². The van der Waals surface area contributed by atoms with Crippen molar-refractivity contribution in [2.24, 2.45) is 0 Å². The maximum Gasteiger partial charge on any atom is 0.291 e. The van der Waals surface area contributed by atoms with Crippen LogP contribution in [0.2, 0.25) is 0 Å². The predicted molar refractivity (Wildman–Crippen MR) is 118 cm³/mol. The molecule has 186 valence electrons. The van der Waals surface area contributed by atoms with Gasteiger partial charge in [-0.15, -0.1) is 0 Å². The highest BCUT2D eigenvalue weighted by Gasteiger charge is 2.47. The molecule has 0 heterocycles. The zero-order chi connectivity index (χ0) is 24.5. The van der Waals surface area contributed by atoms with Crippen LogP contribution in [-0.4, -0.2) is 24.3 Å². The first-order valence-electron chi connectivity index (χ1n) is 11.8. The van der Waals surface area contributed by atoms with E-state index in [0.29, 0.717) is 18.9 Å². The summed E-state index contributed by atoms with van der Waals surface area (Å²) in [4.78, 5) is 0. The van der Waals surface area contributed by atoms with E-state index in [2.05, 4.69) is 6.92 Å². The van der Waals surface area contributed by atoms with E-state index in [9.17, 15) is 17.6 Å². The highest BCUT2D eigenvalue weighted by Crippen LogP contribution is 2.42. The van der Waals surface area contributed by atoms with Gasteiger partial charge >= 0.3 is 0 Å². The smallest absolute Gasteiger partial charge is 0.291 e. The largest absolute Gasteiger partial charge is 0.324 e. The minimum Gasteiger partial charge on any atom is -0.324 e. The molecule has 3 nitrogen and oxygen atoms in total. The minimum absolute atomic E-state index is 0.291. The maximum atomic E-state index is 15.0. The van der Waals surface area contributed by atoms with Crippen LogP contribution in [0.25, 0.3) is 0 Å². The molecule has 0 aliphatic rings. The Morgan fingerprint density at radius 2 is 1.16 bits per heavy atom. The fourth-order valence-corrected chi connectivity index (χ4v) is 3.81. The molecular weight excluding hydrogens is 424 g/mol. The number of hydrogen-bond donors (Lipinski definition) is 0. The lowest BCUT2D eigenvalue weighted by atomic mass is 9.89. The van der Waals surface area contributed by atoms with Gasteiger partial charge in [-0.05, 0) is 54.0 Å². The second kappa shape index (κ2) is 13.5. The number of hydrogen-bond acceptors (Lipinski definition) is 3. The molecule has 1 aromatic rings. The van der Waals surface area contributed by atoms with E-state index in [1.54, 1.807) is 41.5 Å². The van der Waals surface area contributed by atoms with E-state index in [1.807, 2.05) is 0 Å². The Kier molecular flexibility index (Phi) is 12.2. The third-order valence-electron chi connectivity index (χ3n) is 4.98. The Morgan fingerprint density at radius 3 is 1.62 bits per heavy atom. The molecule has 0 N–H and O–H groups in total. The topological polar surface area (TPSA) is 27.7 Å². The van der Waals surface area contributed by atoms with Crippen LogP contribution in [0.3, 0.4) is 0 Å². The first kappa shape index (κ1) is 28.9. The SMILES string of the molecule is CCCCCCCCC(c1cc(F)c(F)c(F)c1F)C(OC(C)C)(OC(C)C)OC(C)C. The first-order valence-corrected chi connectivity index (χ1v) is 11.8. The van der Waals surface area contributed by atoms with Crippen molar-refractivity contribution in [2.45, 2.75) is 124 Å². The first-order chi connectivity index (χ1) is 14.9. The Bertz CT molecular complexity index is 666. The summed E-state index contributed by atoms with van der Waals surface area (Å²) in [7, 11) is 0. The summed E-state index contributed by atoms with van der Waals surface area (Å²) in [5.74, 6) is -9.39. The van der Waals surface area contributed by atoms with Gasteiger partial charge in [0.25, 0.3) is 5.97 Å². The molecular formula is C25H40F4O3. The van der Waals surface area contributed by atoms with Crippen LogP contribution in [0.5, 0.6) is 0 Å². The van der Waals surface area contributed by atoms with Crippen LogP contribution in [-0.2, 0) is 14.2 Å². The van der Waals surface area contributed by atoms with Gasteiger partial charge in [0.1, 0.15) is 0 Å². The lowest BCUT2D eigenvalue weighted by Gasteiger charge is -2.43. The average molecular weight is 465 g/mol. The van der Waals surface area contributed by atoms with Gasteiger partial charge in [0, 0.05) is 5.56 Å². The van der Waals surface area contributed by atoms with Crippen LogP contribution in [0.15, 0.2) is 6.07 Å². The quantitative estimate of drug-likeness (QED) is 0.0865. The Labute approximate surface area is 190 Å². The summed E-state index contributed by atoms with van der Waals surface area (Å²) < 4.78 is 75.3. The average Bonchev–Trinajstić information content (AvgIpc) is 2.67. The molecule has 1 atom stereocenters. The van der Waals surface area contributed by atoms with Gasteiger partial charge < -0.3 is 14.2 Å². The summed E-state index contributed by atoms with van der Waals surface area (Å²) in [5.41, 5.74) is -0.350. The van der Waals surface area contributed by atoms with Crippen molar-refractivity contribution < 1.29 is 31.8 Å². The molecule has 0 saturated heterocycles. The molecule has 0 bridgehead atoms. The summed E-state index contributed by atoms with van der Waals surface area (Å²) >= 11 is 0. The third kappa shape index (κ3) is 8.31. The van der Waals surface area contributed by atoms with Gasteiger partial charge in [-0.1, -0.05) is 45.4 Å². The molecule has 0 aliphatic carbocycles. The number of rotatable bonds is 15. The Balaban J connectivity index is 3.50. The highest BCUT2D eigenvalue weighted by molar-refractivity contribution is 5.27. The number of benzene rings is 1. The van der Waals surface area contributed by atoms with E-state index in [4.69, 9.17) is 14.2 Å². The summed E-state index contributed by atoms with van der Waals surface area (Å²) in [5, 5.41) is 0. The second-order valence-electron chi connectivity index (χ2n) is 9.10. The molecule has 0 amide bonds. The molecule has 0 aliphatic heterocycles. The van der Waals surface area contributed by atoms with Crippen LogP contribution >= 0.6 is 0 Å². The van der Waals surface area contributed by atoms with Crippen molar-refractivity contribution in [2.75, 3.05) is 0 Å². The van der Waals surface area contributed by atoms with Gasteiger partial charge in [0.2, 0.25) is 0 Å². The van der Waals surface area contributed by atoms with Crippen molar-refractivity contribution >= 4 is 0 Å². The molecule has 7 heteroatoms. The van der Waals surface area contributed by atoms with Crippen LogP contribution in [0.4, 0.5) is 17.6 Å². The lowest BCUT2D eigenvalue weighted by Crippen LogP contribution is -2.50. The third-order valence-corrected chi connectivity index (χ3v) is 4.98. The molecule has 0 spiro atoms. The van der Waals surface area contributed by atoms with E-state index >= 15 is 0 Å². The van der Waals surface area contributed by atoms with E-state index in [1.165, 1.54) is 0 Å². The molecule has 0 radical (unpaired) electrons. The Hall–Kier alpha value is -1.18. The highest BCUT2D eigenvalue weighted by atomic mass is 19.2. The summed E-state index contributed by atoms with van der Waals surface area (Å²) in [6.07, 6.45) is 4.91. The molecule has 1 unspecified atom stereocenters. The molecule has 0 aromatic heterocycles. The van der Waals surface area contributed by atoms with Crippen molar-refractivity contribution in [1.82, 2.24) is 0 Å². The van der Waals surface area contributed by atoms with E-state index in [-0.39, 0.29) is 5.56 Å². The molecule has 0 saturated carbocycles. The zero-order valence-corrected chi connectivity index (χ0v) is 20.6. The van der Waals surface area contributed by atoms with Gasteiger partial charge in [0.15, 0.2) is 23.3 Å². The standard InChI is InChI=1S/C25H40F4O3/c1-8-9-10-11-12-13-14-20(19-15-21(26)23(28)24(29)22(19)27)25(30-16(2)3,31-17(4)5)32-18(6)7/h15-18,20H,8-14H2,1-7H3. The van der Waals surface area contributed by atoms with E-state index in [0.717, 1.165) is 32.1 Å². The summed E-state index contributed by atoms with van der Waals surface area (Å²) in [6, 6.07) is 0.696. The molecule has 0 fully saturated rings. The minimum atomic E-state index is -1.85. The zero-order valence-electron chi connectivity index (χ0n) is 20.6. The van der Waals surface area contributed by atoms with Crippen molar-refractivity contribution in [1.29, 1.82) is 0 Å². The lowest BCUT2D eigenvalue weighted by molar-refractivity contribution is -0.420. The number of unbranched alkanes of at least 4 members (excludes halogenated alkanes) is 5. The van der Waals surface area contributed by atoms with Gasteiger partial charge in [0.05, 0.1) is 24.2 Å². The number of ether oxygens (including phenoxy) is 3. The fourth-order valence-electron chi connectivity index (χ4n) is 3.81. The van der Waals surface area contributed by atoms with Crippen molar-refractivity contribution in [3.8, 4) is 0 Å². The second-order valence-corrected chi connectivity index (χ2v) is 9.10. The van der Waals surface area contributed by atoms with Crippen LogP contribution < -0.4 is 0 Å². The van der Waals surface area contributed by atoms with Crippen molar-refractivity contribution in [3.63, 3.8) is 0 Å². The molecule has 1 rings (SSSR count). The van der Waals surface area contributed by atoms with Gasteiger partial charge in [-0.25, -0.2) is 17.6 Å². The normalized spacial score (nSPS) is 13.6. The maximum absolute atomic E-state index is 15.0. The van der Waals surface area contributed by atoms with Gasteiger partial charge in [-0.3, -0.25) is 0 Å². The Morgan fingerprint density at radius 1 is 0.688 bits per heavy atom. The number of halogens is 4. The summed E-state index contributed by atoms with van der Waals surface area (Å²) in [6.45, 7) is 12.7. The fraction of sp³-hybridized carbons (Fsp3) is 0.760. The predicted octanol–water partition coefficient (Wildman–Crippen LogP) is 8.01. The van der Waals surface area contributed by atoms with Crippen LogP contribution in [0.1, 0.15) is 105 Å². The van der Waals surface area contributed by atoms with E-state index < -0.39 is 53.5 Å². The van der Waals surface area contributed by atoms with Gasteiger partial charge in [-0.2, -0.15) is 0 Å². The molecule has 32 heavy (non-hydrogen) atoms.